The van der Waals surface area contributed by atoms with Gasteiger partial charge in [-0.2, -0.15) is 0 Å². The zero-order chi connectivity index (χ0) is 11.8. The van der Waals surface area contributed by atoms with E-state index in [1.165, 1.54) is 10.0 Å². The number of aliphatic hydroxyl groups excluding tert-OH is 1. The summed E-state index contributed by atoms with van der Waals surface area (Å²) >= 11 is 3.54. The Balaban J connectivity index is 2.23. The van der Waals surface area contributed by atoms with Crippen molar-refractivity contribution >= 4 is 15.9 Å². The van der Waals surface area contributed by atoms with Crippen molar-refractivity contribution in [3.05, 3.63) is 46.5 Å². The molecule has 0 heterocycles. The van der Waals surface area contributed by atoms with Crippen LogP contribution in [0, 0.1) is 0 Å². The molecule has 0 amide bonds. The molecule has 2 heteroatoms. The molecule has 0 aromatic heterocycles. The fourth-order valence-corrected chi connectivity index (χ4v) is 2.00. The second-order valence-electron chi connectivity index (χ2n) is 4.03. The zero-order valence-corrected chi connectivity index (χ0v) is 11.3. The summed E-state index contributed by atoms with van der Waals surface area (Å²) in [5, 5.41) is 9.08. The Morgan fingerprint density at radius 2 is 1.94 bits per heavy atom. The van der Waals surface area contributed by atoms with Gasteiger partial charge in [0.2, 0.25) is 0 Å². The predicted molar refractivity (Wildman–Crippen MR) is 72.5 cm³/mol. The molecular weight excluding hydrogens is 264 g/mol. The summed E-state index contributed by atoms with van der Waals surface area (Å²) in [6, 6.07) is 8.32. The van der Waals surface area contributed by atoms with Crippen LogP contribution in [-0.2, 0) is 6.42 Å². The van der Waals surface area contributed by atoms with Gasteiger partial charge in [0.05, 0.1) is 6.10 Å². The van der Waals surface area contributed by atoms with E-state index in [1.54, 1.807) is 0 Å². The van der Waals surface area contributed by atoms with Gasteiger partial charge < -0.3 is 5.11 Å². The lowest BCUT2D eigenvalue weighted by Gasteiger charge is -2.01. The highest BCUT2D eigenvalue weighted by molar-refractivity contribution is 9.10. The van der Waals surface area contributed by atoms with Crippen LogP contribution < -0.4 is 0 Å². The van der Waals surface area contributed by atoms with Crippen LogP contribution in [0.1, 0.15) is 31.7 Å². The van der Waals surface area contributed by atoms with E-state index < -0.39 is 0 Å². The predicted octanol–water partition coefficient (Wildman–Crippen LogP) is 4.10. The van der Waals surface area contributed by atoms with Gasteiger partial charge in [0, 0.05) is 4.47 Å². The maximum Gasteiger partial charge on any atom is 0.0515 e. The quantitative estimate of drug-likeness (QED) is 0.779. The molecule has 0 radical (unpaired) electrons. The minimum Gasteiger partial charge on any atom is -0.393 e. The van der Waals surface area contributed by atoms with Crippen molar-refractivity contribution in [1.82, 2.24) is 0 Å². The summed E-state index contributed by atoms with van der Waals surface area (Å²) < 4.78 is 1.19. The highest BCUT2D eigenvalue weighted by atomic mass is 79.9. The summed E-state index contributed by atoms with van der Waals surface area (Å²) in [6.07, 6.45) is 8.10. The topological polar surface area (TPSA) is 20.2 Å². The summed E-state index contributed by atoms with van der Waals surface area (Å²) in [5.74, 6) is 0. The van der Waals surface area contributed by atoms with Crippen molar-refractivity contribution < 1.29 is 5.11 Å². The summed E-state index contributed by atoms with van der Waals surface area (Å²) in [5.41, 5.74) is 1.35. The number of allylic oxidation sites excluding steroid dienone is 2. The van der Waals surface area contributed by atoms with Gasteiger partial charge in [0.1, 0.15) is 0 Å². The van der Waals surface area contributed by atoms with Crippen LogP contribution in [-0.4, -0.2) is 11.2 Å². The molecule has 0 saturated carbocycles. The van der Waals surface area contributed by atoms with Crippen molar-refractivity contribution in [3.8, 4) is 0 Å². The second-order valence-corrected chi connectivity index (χ2v) is 4.88. The zero-order valence-electron chi connectivity index (χ0n) is 9.70. The highest BCUT2D eigenvalue weighted by Gasteiger charge is 1.96. The van der Waals surface area contributed by atoms with Crippen LogP contribution in [0.2, 0.25) is 0 Å². The van der Waals surface area contributed by atoms with Crippen LogP contribution in [0.3, 0.4) is 0 Å². The third kappa shape index (κ3) is 5.47. The average molecular weight is 283 g/mol. The van der Waals surface area contributed by atoms with E-state index >= 15 is 0 Å². The standard InChI is InChI=1S/C14H19BrO/c1-12(16)8-4-2-3-5-9-13-10-6-7-11-14(13)15/h2-3,6-7,10-12,16H,4-5,8-9H2,1H3/b3-2-. The fraction of sp³-hybridized carbons (Fsp3) is 0.429. The van der Waals surface area contributed by atoms with E-state index in [-0.39, 0.29) is 6.10 Å². The SMILES string of the molecule is CC(O)CC/C=C\CCc1ccccc1Br. The maximum atomic E-state index is 9.08. The summed E-state index contributed by atoms with van der Waals surface area (Å²) in [4.78, 5) is 0. The smallest absolute Gasteiger partial charge is 0.0515 e. The minimum absolute atomic E-state index is 0.187. The van der Waals surface area contributed by atoms with Crippen LogP contribution in [0.5, 0.6) is 0 Å². The average Bonchev–Trinajstić information content (AvgIpc) is 2.25. The third-order valence-electron chi connectivity index (χ3n) is 2.46. The molecule has 1 nitrogen and oxygen atoms in total. The van der Waals surface area contributed by atoms with Gasteiger partial charge in [-0.05, 0) is 44.2 Å². The number of rotatable bonds is 6. The molecule has 1 atom stereocenters. The first-order valence-corrected chi connectivity index (χ1v) is 6.56. The lowest BCUT2D eigenvalue weighted by Crippen LogP contribution is -1.96. The Hall–Kier alpha value is -0.600. The van der Waals surface area contributed by atoms with Gasteiger partial charge in [0.15, 0.2) is 0 Å². The highest BCUT2D eigenvalue weighted by Crippen LogP contribution is 2.17. The Morgan fingerprint density at radius 3 is 2.62 bits per heavy atom. The molecular formula is C14H19BrO. The van der Waals surface area contributed by atoms with Crippen LogP contribution in [0.4, 0.5) is 0 Å². The summed E-state index contributed by atoms with van der Waals surface area (Å²) in [6.45, 7) is 1.83. The number of aliphatic hydroxyl groups is 1. The van der Waals surface area contributed by atoms with Gasteiger partial charge in [-0.25, -0.2) is 0 Å². The lowest BCUT2D eigenvalue weighted by atomic mass is 10.1. The number of benzene rings is 1. The lowest BCUT2D eigenvalue weighted by molar-refractivity contribution is 0.186. The molecule has 0 aliphatic carbocycles. The fourth-order valence-electron chi connectivity index (χ4n) is 1.51. The van der Waals surface area contributed by atoms with Gasteiger partial charge in [-0.3, -0.25) is 0 Å². The minimum atomic E-state index is -0.187. The molecule has 1 aromatic carbocycles. The van der Waals surface area contributed by atoms with Gasteiger partial charge in [0.25, 0.3) is 0 Å². The van der Waals surface area contributed by atoms with E-state index in [1.807, 2.05) is 13.0 Å². The van der Waals surface area contributed by atoms with Gasteiger partial charge in [-0.1, -0.05) is 46.3 Å². The first-order chi connectivity index (χ1) is 7.70. The monoisotopic (exact) mass is 282 g/mol. The largest absolute Gasteiger partial charge is 0.393 e. The van der Waals surface area contributed by atoms with Crippen molar-refractivity contribution in [2.75, 3.05) is 0 Å². The maximum absolute atomic E-state index is 9.08. The first kappa shape index (κ1) is 13.5. The van der Waals surface area contributed by atoms with Crippen molar-refractivity contribution in [3.63, 3.8) is 0 Å². The van der Waals surface area contributed by atoms with Gasteiger partial charge >= 0.3 is 0 Å². The summed E-state index contributed by atoms with van der Waals surface area (Å²) in [7, 11) is 0. The molecule has 88 valence electrons. The molecule has 0 bridgehead atoms. The molecule has 0 saturated heterocycles. The molecule has 0 fully saturated rings. The molecule has 1 unspecified atom stereocenters. The van der Waals surface area contributed by atoms with E-state index in [0.29, 0.717) is 0 Å². The van der Waals surface area contributed by atoms with E-state index in [9.17, 15) is 0 Å². The Morgan fingerprint density at radius 1 is 1.25 bits per heavy atom. The van der Waals surface area contributed by atoms with E-state index in [4.69, 9.17) is 5.11 Å². The first-order valence-electron chi connectivity index (χ1n) is 5.76. The molecule has 0 aliphatic heterocycles. The normalized spacial score (nSPS) is 13.2. The number of hydrogen-bond donors (Lipinski definition) is 1. The van der Waals surface area contributed by atoms with E-state index in [0.717, 1.165) is 25.7 Å². The van der Waals surface area contributed by atoms with Crippen molar-refractivity contribution in [2.45, 2.75) is 38.7 Å². The molecule has 1 aromatic rings. The molecule has 1 rings (SSSR count). The number of hydrogen-bond acceptors (Lipinski definition) is 1. The van der Waals surface area contributed by atoms with Crippen molar-refractivity contribution in [1.29, 1.82) is 0 Å². The Labute approximate surface area is 106 Å². The number of halogens is 1. The van der Waals surface area contributed by atoms with E-state index in [2.05, 4.69) is 46.3 Å². The van der Waals surface area contributed by atoms with Gasteiger partial charge in [-0.15, -0.1) is 0 Å². The van der Waals surface area contributed by atoms with Crippen molar-refractivity contribution in [2.24, 2.45) is 0 Å². The van der Waals surface area contributed by atoms with Crippen LogP contribution in [0.15, 0.2) is 40.9 Å². The van der Waals surface area contributed by atoms with Crippen LogP contribution >= 0.6 is 15.9 Å². The Bertz CT molecular complexity index is 331. The van der Waals surface area contributed by atoms with Crippen LogP contribution in [0.25, 0.3) is 0 Å². The third-order valence-corrected chi connectivity index (χ3v) is 3.23. The second kappa shape index (κ2) is 7.64. The number of aryl methyl sites for hydroxylation is 1. The molecule has 0 spiro atoms. The Kier molecular flexibility index (Phi) is 6.43. The molecule has 16 heavy (non-hydrogen) atoms. The molecule has 0 aliphatic rings. The molecule has 1 N–H and O–H groups in total.